The summed E-state index contributed by atoms with van der Waals surface area (Å²) in [5.41, 5.74) is 0.287. The van der Waals surface area contributed by atoms with Crippen molar-refractivity contribution < 1.29 is 19.0 Å². The van der Waals surface area contributed by atoms with Crippen molar-refractivity contribution in [3.05, 3.63) is 58.4 Å². The molecule has 2 aromatic rings. The van der Waals surface area contributed by atoms with Gasteiger partial charge in [-0.25, -0.2) is 9.18 Å². The molecule has 0 atom stereocenters. The highest BCUT2D eigenvalue weighted by Crippen LogP contribution is 2.34. The fourth-order valence-electron chi connectivity index (χ4n) is 1.59. The second-order valence-electron chi connectivity index (χ2n) is 3.91. The third kappa shape index (κ3) is 2.69. The monoisotopic (exact) mass is 280 g/mol. The van der Waals surface area contributed by atoms with E-state index in [1.807, 2.05) is 0 Å². The van der Waals surface area contributed by atoms with Gasteiger partial charge >= 0.3 is 5.97 Å². The predicted octanol–water partition coefficient (Wildman–Crippen LogP) is 4.28. The number of ether oxygens (including phenoxy) is 1. The molecule has 0 spiro atoms. The molecule has 98 valence electrons. The van der Waals surface area contributed by atoms with Crippen molar-refractivity contribution in [2.24, 2.45) is 0 Å². The van der Waals surface area contributed by atoms with E-state index in [1.54, 1.807) is 19.1 Å². The fourth-order valence-corrected chi connectivity index (χ4v) is 1.80. The Labute approximate surface area is 114 Å². The summed E-state index contributed by atoms with van der Waals surface area (Å²) < 4.78 is 19.2. The smallest absolute Gasteiger partial charge is 0.339 e. The Kier molecular flexibility index (Phi) is 3.71. The molecule has 0 aromatic heterocycles. The van der Waals surface area contributed by atoms with Crippen LogP contribution in [0.2, 0.25) is 5.02 Å². The number of aryl methyl sites for hydroxylation is 1. The van der Waals surface area contributed by atoms with E-state index in [2.05, 4.69) is 0 Å². The number of carboxylic acid groups (broad SMARTS) is 1. The Morgan fingerprint density at radius 3 is 2.63 bits per heavy atom. The van der Waals surface area contributed by atoms with Crippen molar-refractivity contribution in [3.63, 3.8) is 0 Å². The fraction of sp³-hybridized carbons (Fsp3) is 0.0714. The van der Waals surface area contributed by atoms with Crippen LogP contribution in [-0.2, 0) is 0 Å². The van der Waals surface area contributed by atoms with Crippen molar-refractivity contribution in [3.8, 4) is 11.5 Å². The molecular weight excluding hydrogens is 271 g/mol. The summed E-state index contributed by atoms with van der Waals surface area (Å²) in [6.07, 6.45) is 0. The van der Waals surface area contributed by atoms with Gasteiger partial charge in [0.05, 0.1) is 5.02 Å². The Balaban J connectivity index is 2.49. The lowest BCUT2D eigenvalue weighted by Crippen LogP contribution is -2.01. The summed E-state index contributed by atoms with van der Waals surface area (Å²) >= 11 is 5.90. The van der Waals surface area contributed by atoms with E-state index in [-0.39, 0.29) is 22.1 Å². The molecule has 0 unspecified atom stereocenters. The number of hydrogen-bond donors (Lipinski definition) is 1. The highest BCUT2D eigenvalue weighted by Gasteiger charge is 2.17. The van der Waals surface area contributed by atoms with Gasteiger partial charge < -0.3 is 9.84 Å². The molecule has 0 amide bonds. The first-order valence-electron chi connectivity index (χ1n) is 5.45. The largest absolute Gasteiger partial charge is 0.478 e. The molecule has 19 heavy (non-hydrogen) atoms. The molecular formula is C14H10ClFO3. The van der Waals surface area contributed by atoms with E-state index >= 15 is 0 Å². The third-order valence-electron chi connectivity index (χ3n) is 2.57. The summed E-state index contributed by atoms with van der Waals surface area (Å²) in [6, 6.07) is 8.94. The van der Waals surface area contributed by atoms with Crippen LogP contribution in [0, 0.1) is 12.7 Å². The molecule has 0 saturated carbocycles. The maximum Gasteiger partial charge on any atom is 0.339 e. The van der Waals surface area contributed by atoms with E-state index in [0.717, 1.165) is 0 Å². The number of halogens is 2. The standard InChI is InChI=1S/C14H10ClFO3/c1-8-4-2-7-11(12(8)16)19-13-9(14(17)18)5-3-6-10(13)15/h2-7H,1H3,(H,17,18). The number of benzene rings is 2. The van der Waals surface area contributed by atoms with Gasteiger partial charge in [0.25, 0.3) is 0 Å². The minimum atomic E-state index is -1.19. The van der Waals surface area contributed by atoms with Crippen LogP contribution in [0.1, 0.15) is 15.9 Å². The zero-order chi connectivity index (χ0) is 14.0. The van der Waals surface area contributed by atoms with Gasteiger partial charge in [0.15, 0.2) is 17.3 Å². The van der Waals surface area contributed by atoms with Crippen molar-refractivity contribution >= 4 is 17.6 Å². The van der Waals surface area contributed by atoms with Gasteiger partial charge in [-0.05, 0) is 30.7 Å². The van der Waals surface area contributed by atoms with E-state index in [4.69, 9.17) is 21.4 Å². The Bertz CT molecular complexity index is 641. The molecule has 0 aliphatic rings. The molecule has 0 heterocycles. The first kappa shape index (κ1) is 13.4. The summed E-state index contributed by atoms with van der Waals surface area (Å²) in [4.78, 5) is 11.1. The average molecular weight is 281 g/mol. The lowest BCUT2D eigenvalue weighted by atomic mass is 10.2. The van der Waals surface area contributed by atoms with Crippen molar-refractivity contribution in [1.82, 2.24) is 0 Å². The zero-order valence-electron chi connectivity index (χ0n) is 9.98. The minimum Gasteiger partial charge on any atom is -0.478 e. The maximum atomic E-state index is 13.8. The van der Waals surface area contributed by atoms with Gasteiger partial charge in [-0.2, -0.15) is 0 Å². The van der Waals surface area contributed by atoms with Crippen molar-refractivity contribution in [2.45, 2.75) is 6.92 Å². The van der Waals surface area contributed by atoms with Gasteiger partial charge in [-0.3, -0.25) is 0 Å². The summed E-state index contributed by atoms with van der Waals surface area (Å²) in [6.45, 7) is 1.59. The second kappa shape index (κ2) is 5.28. The van der Waals surface area contributed by atoms with Crippen molar-refractivity contribution in [2.75, 3.05) is 0 Å². The topological polar surface area (TPSA) is 46.5 Å². The Morgan fingerprint density at radius 1 is 1.26 bits per heavy atom. The Morgan fingerprint density at radius 2 is 1.95 bits per heavy atom. The van der Waals surface area contributed by atoms with Crippen molar-refractivity contribution in [1.29, 1.82) is 0 Å². The summed E-state index contributed by atoms with van der Waals surface area (Å²) in [7, 11) is 0. The van der Waals surface area contributed by atoms with Gasteiger partial charge in [0, 0.05) is 0 Å². The average Bonchev–Trinajstić information content (AvgIpc) is 2.36. The van der Waals surface area contributed by atoms with Gasteiger partial charge in [-0.1, -0.05) is 29.8 Å². The molecule has 0 radical (unpaired) electrons. The van der Waals surface area contributed by atoms with Crippen LogP contribution in [0.4, 0.5) is 4.39 Å². The highest BCUT2D eigenvalue weighted by atomic mass is 35.5. The van der Waals surface area contributed by atoms with E-state index in [1.165, 1.54) is 24.3 Å². The third-order valence-corrected chi connectivity index (χ3v) is 2.86. The van der Waals surface area contributed by atoms with Crippen LogP contribution in [0.5, 0.6) is 11.5 Å². The van der Waals surface area contributed by atoms with E-state index in [0.29, 0.717) is 5.56 Å². The van der Waals surface area contributed by atoms with Crippen LogP contribution in [0.25, 0.3) is 0 Å². The molecule has 0 bridgehead atoms. The summed E-state index contributed by atoms with van der Waals surface area (Å²) in [5, 5.41) is 9.17. The first-order chi connectivity index (χ1) is 9.00. The SMILES string of the molecule is Cc1cccc(Oc2c(Cl)cccc2C(=O)O)c1F. The van der Waals surface area contributed by atoms with Crippen LogP contribution in [0.3, 0.4) is 0 Å². The minimum absolute atomic E-state index is 0.0596. The number of rotatable bonds is 3. The molecule has 2 aromatic carbocycles. The van der Waals surface area contributed by atoms with Crippen LogP contribution >= 0.6 is 11.6 Å². The molecule has 0 saturated heterocycles. The molecule has 1 N–H and O–H groups in total. The first-order valence-corrected chi connectivity index (χ1v) is 5.83. The molecule has 0 aliphatic carbocycles. The van der Waals surface area contributed by atoms with Gasteiger partial charge in [-0.15, -0.1) is 0 Å². The summed E-state index contributed by atoms with van der Waals surface area (Å²) in [5.74, 6) is -1.86. The van der Waals surface area contributed by atoms with Gasteiger partial charge in [0.2, 0.25) is 0 Å². The zero-order valence-corrected chi connectivity index (χ0v) is 10.7. The lowest BCUT2D eigenvalue weighted by molar-refractivity contribution is 0.0694. The van der Waals surface area contributed by atoms with E-state index in [9.17, 15) is 9.18 Å². The van der Waals surface area contributed by atoms with Crippen LogP contribution in [0.15, 0.2) is 36.4 Å². The number of hydrogen-bond acceptors (Lipinski definition) is 2. The predicted molar refractivity (Wildman–Crippen MR) is 69.6 cm³/mol. The number of aromatic carboxylic acids is 1. The van der Waals surface area contributed by atoms with Gasteiger partial charge in [0.1, 0.15) is 5.56 Å². The number of carbonyl (C=O) groups is 1. The maximum absolute atomic E-state index is 13.8. The lowest BCUT2D eigenvalue weighted by Gasteiger charge is -2.11. The molecule has 2 rings (SSSR count). The van der Waals surface area contributed by atoms with Crippen LogP contribution < -0.4 is 4.74 Å². The Hall–Kier alpha value is -2.07. The van der Waals surface area contributed by atoms with E-state index < -0.39 is 11.8 Å². The molecule has 5 heteroatoms. The normalized spacial score (nSPS) is 10.3. The van der Waals surface area contributed by atoms with Crippen LogP contribution in [-0.4, -0.2) is 11.1 Å². The number of para-hydroxylation sites is 1. The molecule has 0 fully saturated rings. The number of carboxylic acids is 1. The second-order valence-corrected chi connectivity index (χ2v) is 4.32. The molecule has 3 nitrogen and oxygen atoms in total. The quantitative estimate of drug-likeness (QED) is 0.913. The highest BCUT2D eigenvalue weighted by molar-refractivity contribution is 6.32. The molecule has 0 aliphatic heterocycles.